The van der Waals surface area contributed by atoms with Gasteiger partial charge in [0.15, 0.2) is 0 Å². The zero-order valence-corrected chi connectivity index (χ0v) is 9.52. The molecule has 0 amide bonds. The molecule has 0 saturated carbocycles. The first-order chi connectivity index (χ1) is 7.66. The van der Waals surface area contributed by atoms with Gasteiger partial charge in [0, 0.05) is 24.7 Å². The van der Waals surface area contributed by atoms with E-state index < -0.39 is 5.97 Å². The molecule has 1 unspecified atom stereocenters. The lowest BCUT2D eigenvalue weighted by atomic mass is 10.0. The number of hydrogen-bond donors (Lipinski definition) is 1. The van der Waals surface area contributed by atoms with E-state index in [0.717, 1.165) is 12.1 Å². The third-order valence-electron chi connectivity index (χ3n) is 3.19. The maximum absolute atomic E-state index is 10.5. The third kappa shape index (κ3) is 2.35. The van der Waals surface area contributed by atoms with Gasteiger partial charge < -0.3 is 10.0 Å². The number of anilines is 1. The summed E-state index contributed by atoms with van der Waals surface area (Å²) in [7, 11) is 0. The lowest BCUT2D eigenvalue weighted by molar-refractivity contribution is -0.136. The Labute approximate surface area is 95.7 Å². The van der Waals surface area contributed by atoms with Crippen molar-refractivity contribution >= 4 is 11.7 Å². The SMILES string of the molecule is CC1CCN1c1cccc(CCC(=O)O)c1. The van der Waals surface area contributed by atoms with E-state index in [1.54, 1.807) is 0 Å². The molecule has 0 aromatic heterocycles. The summed E-state index contributed by atoms with van der Waals surface area (Å²) in [5.41, 5.74) is 2.33. The Hall–Kier alpha value is -1.51. The molecule has 1 saturated heterocycles. The molecule has 1 aliphatic heterocycles. The summed E-state index contributed by atoms with van der Waals surface area (Å²) in [6, 6.07) is 8.84. The van der Waals surface area contributed by atoms with E-state index in [1.807, 2.05) is 12.1 Å². The summed E-state index contributed by atoms with van der Waals surface area (Å²) in [5, 5.41) is 8.64. The van der Waals surface area contributed by atoms with E-state index in [0.29, 0.717) is 12.5 Å². The molecular weight excluding hydrogens is 202 g/mol. The summed E-state index contributed by atoms with van der Waals surface area (Å²) < 4.78 is 0. The van der Waals surface area contributed by atoms with E-state index >= 15 is 0 Å². The first-order valence-corrected chi connectivity index (χ1v) is 5.74. The number of aliphatic carboxylic acids is 1. The molecule has 1 heterocycles. The van der Waals surface area contributed by atoms with Crippen LogP contribution in [0.25, 0.3) is 0 Å². The standard InChI is InChI=1S/C13H17NO2/c1-10-7-8-14(10)12-4-2-3-11(9-12)5-6-13(15)16/h2-4,9-10H,5-8H2,1H3,(H,15,16). The monoisotopic (exact) mass is 219 g/mol. The van der Waals surface area contributed by atoms with Crippen LogP contribution in [0.3, 0.4) is 0 Å². The van der Waals surface area contributed by atoms with Gasteiger partial charge in [0.2, 0.25) is 0 Å². The topological polar surface area (TPSA) is 40.5 Å². The van der Waals surface area contributed by atoms with Crippen molar-refractivity contribution in [3.63, 3.8) is 0 Å². The molecule has 0 aliphatic carbocycles. The summed E-state index contributed by atoms with van der Waals surface area (Å²) in [6.07, 6.45) is 2.07. The fraction of sp³-hybridized carbons (Fsp3) is 0.462. The van der Waals surface area contributed by atoms with Crippen LogP contribution in [0.15, 0.2) is 24.3 Å². The normalized spacial score (nSPS) is 19.3. The quantitative estimate of drug-likeness (QED) is 0.844. The highest BCUT2D eigenvalue weighted by atomic mass is 16.4. The summed E-state index contributed by atoms with van der Waals surface area (Å²) in [5.74, 6) is -0.734. The molecule has 1 N–H and O–H groups in total. The number of hydrogen-bond acceptors (Lipinski definition) is 2. The molecule has 1 aromatic rings. The lowest BCUT2D eigenvalue weighted by Gasteiger charge is -2.41. The fourth-order valence-electron chi connectivity index (χ4n) is 2.04. The zero-order chi connectivity index (χ0) is 11.5. The highest BCUT2D eigenvalue weighted by Gasteiger charge is 2.23. The van der Waals surface area contributed by atoms with Gasteiger partial charge in [0.1, 0.15) is 0 Å². The number of nitrogens with zero attached hydrogens (tertiary/aromatic N) is 1. The minimum absolute atomic E-state index is 0.207. The molecule has 1 aromatic carbocycles. The Morgan fingerprint density at radius 1 is 1.56 bits per heavy atom. The molecular formula is C13H17NO2. The van der Waals surface area contributed by atoms with Crippen LogP contribution < -0.4 is 4.90 Å². The molecule has 16 heavy (non-hydrogen) atoms. The van der Waals surface area contributed by atoms with Crippen molar-refractivity contribution < 1.29 is 9.90 Å². The van der Waals surface area contributed by atoms with Gasteiger partial charge in [-0.2, -0.15) is 0 Å². The van der Waals surface area contributed by atoms with Crippen molar-refractivity contribution in [2.75, 3.05) is 11.4 Å². The molecule has 1 aliphatic rings. The van der Waals surface area contributed by atoms with Gasteiger partial charge in [-0.3, -0.25) is 4.79 Å². The molecule has 1 fully saturated rings. The van der Waals surface area contributed by atoms with Crippen molar-refractivity contribution in [2.45, 2.75) is 32.2 Å². The Kier molecular flexibility index (Phi) is 3.13. The maximum atomic E-state index is 10.5. The average molecular weight is 219 g/mol. The molecule has 0 radical (unpaired) electrons. The van der Waals surface area contributed by atoms with Gasteiger partial charge in [0.05, 0.1) is 0 Å². The average Bonchev–Trinajstić information content (AvgIpc) is 2.25. The first-order valence-electron chi connectivity index (χ1n) is 5.74. The zero-order valence-electron chi connectivity index (χ0n) is 9.52. The van der Waals surface area contributed by atoms with Crippen molar-refractivity contribution in [3.8, 4) is 0 Å². The number of rotatable bonds is 4. The van der Waals surface area contributed by atoms with Crippen molar-refractivity contribution in [3.05, 3.63) is 29.8 Å². The molecule has 0 bridgehead atoms. The van der Waals surface area contributed by atoms with Crippen LogP contribution in [0.1, 0.15) is 25.3 Å². The van der Waals surface area contributed by atoms with Gasteiger partial charge in [-0.05, 0) is 37.5 Å². The van der Waals surface area contributed by atoms with Crippen LogP contribution in [0.4, 0.5) is 5.69 Å². The Morgan fingerprint density at radius 2 is 2.38 bits per heavy atom. The van der Waals surface area contributed by atoms with Gasteiger partial charge >= 0.3 is 5.97 Å². The number of carboxylic acids is 1. The predicted molar refractivity (Wildman–Crippen MR) is 63.8 cm³/mol. The second-order valence-corrected chi connectivity index (χ2v) is 4.39. The van der Waals surface area contributed by atoms with Gasteiger partial charge in [-0.1, -0.05) is 12.1 Å². The molecule has 2 rings (SSSR count). The molecule has 1 atom stereocenters. The minimum atomic E-state index is -0.734. The lowest BCUT2D eigenvalue weighted by Crippen LogP contribution is -2.45. The van der Waals surface area contributed by atoms with Crippen LogP contribution in [0.5, 0.6) is 0 Å². The fourth-order valence-corrected chi connectivity index (χ4v) is 2.04. The van der Waals surface area contributed by atoms with Crippen LogP contribution in [-0.4, -0.2) is 23.7 Å². The molecule has 3 heteroatoms. The summed E-state index contributed by atoms with van der Waals surface area (Å²) in [4.78, 5) is 12.9. The second kappa shape index (κ2) is 4.56. The van der Waals surface area contributed by atoms with Crippen LogP contribution in [0.2, 0.25) is 0 Å². The van der Waals surface area contributed by atoms with E-state index in [9.17, 15) is 4.79 Å². The van der Waals surface area contributed by atoms with Gasteiger partial charge in [0.25, 0.3) is 0 Å². The number of benzene rings is 1. The minimum Gasteiger partial charge on any atom is -0.481 e. The molecule has 86 valence electrons. The highest BCUT2D eigenvalue weighted by Crippen LogP contribution is 2.26. The van der Waals surface area contributed by atoms with Gasteiger partial charge in [-0.15, -0.1) is 0 Å². The van der Waals surface area contributed by atoms with Crippen molar-refractivity contribution in [1.29, 1.82) is 0 Å². The second-order valence-electron chi connectivity index (χ2n) is 4.39. The van der Waals surface area contributed by atoms with E-state index in [4.69, 9.17) is 5.11 Å². The van der Waals surface area contributed by atoms with Crippen molar-refractivity contribution in [1.82, 2.24) is 0 Å². The Bertz CT molecular complexity index is 389. The van der Waals surface area contributed by atoms with E-state index in [-0.39, 0.29) is 6.42 Å². The molecule has 3 nitrogen and oxygen atoms in total. The van der Waals surface area contributed by atoms with Crippen LogP contribution in [0, 0.1) is 0 Å². The highest BCUT2D eigenvalue weighted by molar-refractivity contribution is 5.67. The Balaban J connectivity index is 2.04. The van der Waals surface area contributed by atoms with E-state index in [2.05, 4.69) is 24.0 Å². The van der Waals surface area contributed by atoms with Crippen molar-refractivity contribution in [2.24, 2.45) is 0 Å². The van der Waals surface area contributed by atoms with Gasteiger partial charge in [-0.25, -0.2) is 0 Å². The maximum Gasteiger partial charge on any atom is 0.303 e. The smallest absolute Gasteiger partial charge is 0.303 e. The van der Waals surface area contributed by atoms with Crippen LogP contribution in [-0.2, 0) is 11.2 Å². The predicted octanol–water partition coefficient (Wildman–Crippen LogP) is 2.30. The first kappa shape index (κ1) is 11.0. The third-order valence-corrected chi connectivity index (χ3v) is 3.19. The van der Waals surface area contributed by atoms with E-state index in [1.165, 1.54) is 12.1 Å². The number of aryl methyl sites for hydroxylation is 1. The summed E-state index contributed by atoms with van der Waals surface area (Å²) >= 11 is 0. The largest absolute Gasteiger partial charge is 0.481 e. The molecule has 0 spiro atoms. The number of carbonyl (C=O) groups is 1. The Morgan fingerprint density at radius 3 is 2.94 bits per heavy atom. The van der Waals surface area contributed by atoms with Crippen LogP contribution >= 0.6 is 0 Å². The summed E-state index contributed by atoms with van der Waals surface area (Å²) in [6.45, 7) is 3.33. The number of carboxylic acid groups (broad SMARTS) is 1.